The first kappa shape index (κ1) is 9.25. The highest BCUT2D eigenvalue weighted by atomic mass is 15.0. The number of rotatable bonds is 1. The average molecular weight is 176 g/mol. The average Bonchev–Trinajstić information content (AvgIpc) is 2.46. The number of aromatic amines is 1. The number of nitrogen functional groups attached to an aromatic ring is 1. The van der Waals surface area contributed by atoms with Gasteiger partial charge in [0, 0.05) is 0 Å². The van der Waals surface area contributed by atoms with Crippen molar-refractivity contribution in [2.45, 2.75) is 7.43 Å². The Morgan fingerprint density at radius 1 is 1.38 bits per heavy atom. The minimum absolute atomic E-state index is 0. The Balaban J connectivity index is 0.000000845. The number of hydrogen-bond donors (Lipinski definition) is 3. The van der Waals surface area contributed by atoms with Crippen molar-refractivity contribution < 1.29 is 0 Å². The van der Waals surface area contributed by atoms with E-state index in [0.717, 1.165) is 11.0 Å². The number of benzene rings is 1. The Labute approximate surface area is 76.3 Å². The first-order valence-corrected chi connectivity index (χ1v) is 3.56. The van der Waals surface area contributed by atoms with Gasteiger partial charge in [-0.05, 0) is 12.1 Å². The molecule has 0 fully saturated rings. The quantitative estimate of drug-likeness (QED) is 0.454. The van der Waals surface area contributed by atoms with E-state index in [2.05, 4.69) is 9.97 Å². The van der Waals surface area contributed by atoms with E-state index in [0.29, 0.717) is 5.82 Å². The molecular formula is C9H12N4. The number of para-hydroxylation sites is 2. The molecule has 0 radical (unpaired) electrons. The Kier molecular flexibility index (Phi) is 2.32. The SMILES string of the molecule is C.N=C(N)c1nc2ccccc2[nH]1. The third kappa shape index (κ3) is 1.51. The summed E-state index contributed by atoms with van der Waals surface area (Å²) in [4.78, 5) is 7.04. The van der Waals surface area contributed by atoms with E-state index in [9.17, 15) is 0 Å². The smallest absolute Gasteiger partial charge is 0.173 e. The molecule has 0 saturated heterocycles. The van der Waals surface area contributed by atoms with Crippen molar-refractivity contribution in [3.05, 3.63) is 30.1 Å². The van der Waals surface area contributed by atoms with E-state index in [1.807, 2.05) is 24.3 Å². The highest BCUT2D eigenvalue weighted by Gasteiger charge is 2.02. The molecular weight excluding hydrogens is 164 g/mol. The molecule has 4 heteroatoms. The molecule has 13 heavy (non-hydrogen) atoms. The van der Waals surface area contributed by atoms with Crippen LogP contribution in [0.1, 0.15) is 13.3 Å². The fraction of sp³-hybridized carbons (Fsp3) is 0.111. The van der Waals surface area contributed by atoms with Gasteiger partial charge in [0.25, 0.3) is 0 Å². The third-order valence-corrected chi connectivity index (χ3v) is 1.64. The molecule has 2 rings (SSSR count). The number of nitrogens with two attached hydrogens (primary N) is 1. The summed E-state index contributed by atoms with van der Waals surface area (Å²) >= 11 is 0. The summed E-state index contributed by atoms with van der Waals surface area (Å²) < 4.78 is 0. The number of aromatic nitrogens is 2. The first-order valence-electron chi connectivity index (χ1n) is 3.56. The molecule has 4 nitrogen and oxygen atoms in total. The molecule has 0 bridgehead atoms. The van der Waals surface area contributed by atoms with E-state index >= 15 is 0 Å². The largest absolute Gasteiger partial charge is 0.381 e. The Hall–Kier alpha value is -1.84. The molecule has 0 unspecified atom stereocenters. The summed E-state index contributed by atoms with van der Waals surface area (Å²) in [6.07, 6.45) is 0. The standard InChI is InChI=1S/C8H8N4.CH4/c9-7(10)8-11-5-3-1-2-4-6(5)12-8;/h1-4H,(H3,9,10)(H,11,12);1H4. The van der Waals surface area contributed by atoms with Crippen LogP contribution in [0.3, 0.4) is 0 Å². The lowest BCUT2D eigenvalue weighted by atomic mass is 10.3. The summed E-state index contributed by atoms with van der Waals surface area (Å²) in [6, 6.07) is 7.57. The zero-order valence-electron chi connectivity index (χ0n) is 6.33. The number of nitrogens with zero attached hydrogens (tertiary/aromatic N) is 1. The lowest BCUT2D eigenvalue weighted by molar-refractivity contribution is 1.24. The maximum atomic E-state index is 7.15. The molecule has 68 valence electrons. The summed E-state index contributed by atoms with van der Waals surface area (Å²) in [5, 5.41) is 7.15. The number of fused-ring (bicyclic) bond motifs is 1. The summed E-state index contributed by atoms with van der Waals surface area (Å²) in [5.41, 5.74) is 7.01. The van der Waals surface area contributed by atoms with Gasteiger partial charge in [-0.2, -0.15) is 0 Å². The van der Waals surface area contributed by atoms with Crippen molar-refractivity contribution in [2.75, 3.05) is 0 Å². The maximum absolute atomic E-state index is 7.15. The van der Waals surface area contributed by atoms with Crippen LogP contribution in [-0.2, 0) is 0 Å². The summed E-state index contributed by atoms with van der Waals surface area (Å²) in [5.74, 6) is 0.391. The van der Waals surface area contributed by atoms with E-state index < -0.39 is 0 Å². The van der Waals surface area contributed by atoms with Crippen LogP contribution >= 0.6 is 0 Å². The van der Waals surface area contributed by atoms with Gasteiger partial charge in [-0.25, -0.2) is 4.98 Å². The van der Waals surface area contributed by atoms with Gasteiger partial charge in [-0.3, -0.25) is 5.41 Å². The van der Waals surface area contributed by atoms with Crippen LogP contribution in [-0.4, -0.2) is 15.8 Å². The van der Waals surface area contributed by atoms with Crippen molar-refractivity contribution in [3.63, 3.8) is 0 Å². The normalized spacial score (nSPS) is 9.54. The predicted molar refractivity (Wildman–Crippen MR) is 53.8 cm³/mol. The minimum atomic E-state index is -0.0359. The predicted octanol–water partition coefficient (Wildman–Crippen LogP) is 1.48. The van der Waals surface area contributed by atoms with Crippen LogP contribution in [0.4, 0.5) is 0 Å². The molecule has 4 N–H and O–H groups in total. The van der Waals surface area contributed by atoms with Crippen LogP contribution in [0.25, 0.3) is 11.0 Å². The van der Waals surface area contributed by atoms with Gasteiger partial charge in [-0.1, -0.05) is 19.6 Å². The number of nitrogens with one attached hydrogen (secondary N) is 2. The lowest BCUT2D eigenvalue weighted by Crippen LogP contribution is -2.12. The zero-order chi connectivity index (χ0) is 8.55. The zero-order valence-corrected chi connectivity index (χ0v) is 6.33. The number of imidazole rings is 1. The molecule has 0 saturated carbocycles. The number of hydrogen-bond acceptors (Lipinski definition) is 2. The van der Waals surface area contributed by atoms with Crippen molar-refractivity contribution in [3.8, 4) is 0 Å². The van der Waals surface area contributed by atoms with E-state index in [1.165, 1.54) is 0 Å². The van der Waals surface area contributed by atoms with Crippen LogP contribution in [0, 0.1) is 5.41 Å². The topological polar surface area (TPSA) is 78.6 Å². The van der Waals surface area contributed by atoms with Gasteiger partial charge in [0.2, 0.25) is 0 Å². The van der Waals surface area contributed by atoms with Gasteiger partial charge in [0.15, 0.2) is 11.7 Å². The third-order valence-electron chi connectivity index (χ3n) is 1.64. The molecule has 0 atom stereocenters. The van der Waals surface area contributed by atoms with Gasteiger partial charge < -0.3 is 10.7 Å². The first-order chi connectivity index (χ1) is 5.77. The van der Waals surface area contributed by atoms with Crippen LogP contribution < -0.4 is 5.73 Å². The van der Waals surface area contributed by atoms with Gasteiger partial charge in [0.05, 0.1) is 11.0 Å². The van der Waals surface area contributed by atoms with Crippen LogP contribution in [0.2, 0.25) is 0 Å². The maximum Gasteiger partial charge on any atom is 0.173 e. The molecule has 1 aromatic carbocycles. The lowest BCUT2D eigenvalue weighted by Gasteiger charge is -1.85. The van der Waals surface area contributed by atoms with Crippen molar-refractivity contribution in [1.29, 1.82) is 5.41 Å². The molecule has 0 spiro atoms. The van der Waals surface area contributed by atoms with Crippen molar-refractivity contribution >= 4 is 16.9 Å². The number of amidine groups is 1. The molecule has 1 aromatic heterocycles. The minimum Gasteiger partial charge on any atom is -0.381 e. The summed E-state index contributed by atoms with van der Waals surface area (Å²) in [7, 11) is 0. The molecule has 0 aliphatic rings. The second-order valence-corrected chi connectivity index (χ2v) is 2.52. The Morgan fingerprint density at radius 3 is 2.69 bits per heavy atom. The van der Waals surface area contributed by atoms with E-state index in [4.69, 9.17) is 11.1 Å². The fourth-order valence-corrected chi connectivity index (χ4v) is 1.08. The van der Waals surface area contributed by atoms with Gasteiger partial charge in [0.1, 0.15) is 0 Å². The fourth-order valence-electron chi connectivity index (χ4n) is 1.08. The Bertz CT molecular complexity index is 397. The number of H-pyrrole nitrogens is 1. The van der Waals surface area contributed by atoms with E-state index in [1.54, 1.807) is 0 Å². The second kappa shape index (κ2) is 3.26. The second-order valence-electron chi connectivity index (χ2n) is 2.52. The van der Waals surface area contributed by atoms with Crippen molar-refractivity contribution in [1.82, 2.24) is 9.97 Å². The Morgan fingerprint density at radius 2 is 2.08 bits per heavy atom. The van der Waals surface area contributed by atoms with Crippen molar-refractivity contribution in [2.24, 2.45) is 5.73 Å². The van der Waals surface area contributed by atoms with Crippen LogP contribution in [0.5, 0.6) is 0 Å². The molecule has 2 aromatic rings. The van der Waals surface area contributed by atoms with Gasteiger partial charge >= 0.3 is 0 Å². The van der Waals surface area contributed by atoms with Gasteiger partial charge in [-0.15, -0.1) is 0 Å². The van der Waals surface area contributed by atoms with E-state index in [-0.39, 0.29) is 13.3 Å². The molecule has 1 heterocycles. The molecule has 0 aliphatic carbocycles. The highest BCUT2D eigenvalue weighted by Crippen LogP contribution is 2.09. The monoisotopic (exact) mass is 176 g/mol. The highest BCUT2D eigenvalue weighted by molar-refractivity contribution is 5.94. The van der Waals surface area contributed by atoms with Crippen LogP contribution in [0.15, 0.2) is 24.3 Å². The molecule has 0 amide bonds. The molecule has 0 aliphatic heterocycles. The summed E-state index contributed by atoms with van der Waals surface area (Å²) in [6.45, 7) is 0.